The number of β-amino-alcohol motifs (C(OH)–C–C–N with tert-alkyl or cyclic N) is 1. The normalized spacial score (nSPS) is 19.1. The van der Waals surface area contributed by atoms with E-state index in [9.17, 15) is 9.90 Å². The number of likely N-dealkylation sites (tertiary alicyclic amines) is 1. The van der Waals surface area contributed by atoms with Crippen LogP contribution in [0.1, 0.15) is 12.8 Å². The number of urea groups is 1. The van der Waals surface area contributed by atoms with E-state index in [1.54, 1.807) is 4.90 Å². The average Bonchev–Trinajstić information content (AvgIpc) is 2.39. The number of amides is 2. The molecule has 1 aromatic carbocycles. The van der Waals surface area contributed by atoms with Gasteiger partial charge in [-0.1, -0.05) is 0 Å². The van der Waals surface area contributed by atoms with Crippen LogP contribution in [0.3, 0.4) is 0 Å². The molecule has 0 radical (unpaired) electrons. The lowest BCUT2D eigenvalue weighted by atomic mass is 10.1. The number of nitrogens with zero attached hydrogens (tertiary/aromatic N) is 2. The van der Waals surface area contributed by atoms with Crippen molar-refractivity contribution in [2.24, 2.45) is 0 Å². The van der Waals surface area contributed by atoms with Crippen LogP contribution in [0.5, 0.6) is 0 Å². The molecule has 2 amide bonds. The Hall–Kier alpha value is -1.75. The van der Waals surface area contributed by atoms with Crippen molar-refractivity contribution >= 4 is 17.4 Å². The van der Waals surface area contributed by atoms with E-state index in [0.717, 1.165) is 24.2 Å². The number of aliphatic hydroxyl groups is 1. The number of nitrogens with one attached hydrogen (secondary N) is 1. The zero-order chi connectivity index (χ0) is 13.8. The van der Waals surface area contributed by atoms with Crippen LogP contribution in [0, 0.1) is 0 Å². The van der Waals surface area contributed by atoms with Crippen molar-refractivity contribution in [1.82, 2.24) is 4.90 Å². The van der Waals surface area contributed by atoms with E-state index in [1.807, 2.05) is 43.3 Å². The first-order valence-corrected chi connectivity index (χ1v) is 6.57. The highest BCUT2D eigenvalue weighted by Gasteiger charge is 2.21. The third-order valence-electron chi connectivity index (χ3n) is 3.32. The highest BCUT2D eigenvalue weighted by Crippen LogP contribution is 2.17. The number of benzene rings is 1. The second kappa shape index (κ2) is 5.93. The lowest BCUT2D eigenvalue weighted by molar-refractivity contribution is 0.0883. The van der Waals surface area contributed by atoms with Crippen LogP contribution in [0.15, 0.2) is 24.3 Å². The average molecular weight is 263 g/mol. The molecule has 1 fully saturated rings. The van der Waals surface area contributed by atoms with Gasteiger partial charge in [0, 0.05) is 38.6 Å². The number of rotatable bonds is 2. The smallest absolute Gasteiger partial charge is 0.321 e. The first-order valence-electron chi connectivity index (χ1n) is 6.57. The van der Waals surface area contributed by atoms with Crippen molar-refractivity contribution in [3.05, 3.63) is 24.3 Å². The van der Waals surface area contributed by atoms with Crippen molar-refractivity contribution in [3.8, 4) is 0 Å². The molecule has 104 valence electrons. The molecule has 5 heteroatoms. The molecule has 19 heavy (non-hydrogen) atoms. The Morgan fingerprint density at radius 1 is 1.37 bits per heavy atom. The number of piperidine rings is 1. The molecular formula is C14H21N3O2. The molecule has 5 nitrogen and oxygen atoms in total. The molecule has 0 spiro atoms. The minimum Gasteiger partial charge on any atom is -0.391 e. The van der Waals surface area contributed by atoms with Crippen molar-refractivity contribution in [3.63, 3.8) is 0 Å². The standard InChI is InChI=1S/C14H21N3O2/c1-16(2)12-7-5-11(6-8-12)15-14(19)17-9-3-4-13(18)10-17/h5-8,13,18H,3-4,9-10H2,1-2H3,(H,15,19). The summed E-state index contributed by atoms with van der Waals surface area (Å²) in [6.07, 6.45) is 1.24. The van der Waals surface area contributed by atoms with Gasteiger partial charge in [-0.15, -0.1) is 0 Å². The Labute approximate surface area is 113 Å². The van der Waals surface area contributed by atoms with E-state index < -0.39 is 6.10 Å². The van der Waals surface area contributed by atoms with Gasteiger partial charge < -0.3 is 20.2 Å². The SMILES string of the molecule is CN(C)c1ccc(NC(=O)N2CCCC(O)C2)cc1. The number of anilines is 2. The van der Waals surface area contributed by atoms with Gasteiger partial charge in [-0.25, -0.2) is 4.79 Å². The van der Waals surface area contributed by atoms with Crippen LogP contribution < -0.4 is 10.2 Å². The lowest BCUT2D eigenvalue weighted by Gasteiger charge is -2.30. The fourth-order valence-electron chi connectivity index (χ4n) is 2.18. The van der Waals surface area contributed by atoms with Crippen molar-refractivity contribution in [2.75, 3.05) is 37.4 Å². The quantitative estimate of drug-likeness (QED) is 0.854. The second-order valence-electron chi connectivity index (χ2n) is 5.11. The molecule has 0 aromatic heterocycles. The van der Waals surface area contributed by atoms with Crippen molar-refractivity contribution < 1.29 is 9.90 Å². The maximum atomic E-state index is 12.0. The van der Waals surface area contributed by atoms with Gasteiger partial charge in [0.1, 0.15) is 0 Å². The molecule has 0 saturated carbocycles. The summed E-state index contributed by atoms with van der Waals surface area (Å²) in [6, 6.07) is 7.54. The van der Waals surface area contributed by atoms with E-state index in [0.29, 0.717) is 13.1 Å². The molecule has 1 unspecified atom stereocenters. The van der Waals surface area contributed by atoms with Gasteiger partial charge >= 0.3 is 6.03 Å². The van der Waals surface area contributed by atoms with Crippen LogP contribution in [-0.2, 0) is 0 Å². The van der Waals surface area contributed by atoms with Gasteiger partial charge in [-0.3, -0.25) is 0 Å². The zero-order valence-corrected chi connectivity index (χ0v) is 11.5. The summed E-state index contributed by atoms with van der Waals surface area (Å²) in [5, 5.41) is 12.4. The van der Waals surface area contributed by atoms with Crippen LogP contribution >= 0.6 is 0 Å². The fraction of sp³-hybridized carbons (Fsp3) is 0.500. The summed E-state index contributed by atoms with van der Waals surface area (Å²) in [7, 11) is 3.95. The summed E-state index contributed by atoms with van der Waals surface area (Å²) in [5.74, 6) is 0. The Balaban J connectivity index is 1.94. The van der Waals surface area contributed by atoms with Gasteiger partial charge in [0.05, 0.1) is 6.10 Å². The minimum absolute atomic E-state index is 0.142. The van der Waals surface area contributed by atoms with Crippen LogP contribution in [0.2, 0.25) is 0 Å². The van der Waals surface area contributed by atoms with Gasteiger partial charge in [-0.2, -0.15) is 0 Å². The molecule has 2 N–H and O–H groups in total. The Kier molecular flexibility index (Phi) is 4.27. The first-order chi connectivity index (χ1) is 9.06. The minimum atomic E-state index is -0.393. The predicted molar refractivity (Wildman–Crippen MR) is 76.6 cm³/mol. The molecule has 1 aromatic rings. The summed E-state index contributed by atoms with van der Waals surface area (Å²) < 4.78 is 0. The predicted octanol–water partition coefficient (Wildman–Crippen LogP) is 1.74. The Morgan fingerprint density at radius 3 is 2.63 bits per heavy atom. The van der Waals surface area contributed by atoms with E-state index in [-0.39, 0.29) is 6.03 Å². The van der Waals surface area contributed by atoms with Gasteiger partial charge in [0.15, 0.2) is 0 Å². The Bertz CT molecular complexity index is 431. The molecule has 1 saturated heterocycles. The van der Waals surface area contributed by atoms with E-state index in [2.05, 4.69) is 5.32 Å². The van der Waals surface area contributed by atoms with E-state index in [1.165, 1.54) is 0 Å². The maximum absolute atomic E-state index is 12.0. The number of carbonyl (C=O) groups is 1. The molecular weight excluding hydrogens is 242 g/mol. The maximum Gasteiger partial charge on any atom is 0.321 e. The summed E-state index contributed by atoms with van der Waals surface area (Å²) in [6.45, 7) is 1.13. The monoisotopic (exact) mass is 263 g/mol. The molecule has 2 rings (SSSR count). The number of carbonyl (C=O) groups excluding carboxylic acids is 1. The van der Waals surface area contributed by atoms with Crippen molar-refractivity contribution in [1.29, 1.82) is 0 Å². The number of hydrogen-bond donors (Lipinski definition) is 2. The Morgan fingerprint density at radius 2 is 2.05 bits per heavy atom. The highest BCUT2D eigenvalue weighted by molar-refractivity contribution is 5.89. The topological polar surface area (TPSA) is 55.8 Å². The molecule has 1 heterocycles. The number of aliphatic hydroxyl groups excluding tert-OH is 1. The molecule has 0 bridgehead atoms. The summed E-state index contributed by atoms with van der Waals surface area (Å²) >= 11 is 0. The third-order valence-corrected chi connectivity index (χ3v) is 3.32. The van der Waals surface area contributed by atoms with Crippen LogP contribution in [0.25, 0.3) is 0 Å². The summed E-state index contributed by atoms with van der Waals surface area (Å²) in [4.78, 5) is 15.7. The fourth-order valence-corrected chi connectivity index (χ4v) is 2.18. The molecule has 0 aliphatic carbocycles. The highest BCUT2D eigenvalue weighted by atomic mass is 16.3. The van der Waals surface area contributed by atoms with Crippen molar-refractivity contribution in [2.45, 2.75) is 18.9 Å². The third kappa shape index (κ3) is 3.61. The molecule has 1 atom stereocenters. The second-order valence-corrected chi connectivity index (χ2v) is 5.11. The van der Waals surface area contributed by atoms with Gasteiger partial charge in [0.2, 0.25) is 0 Å². The lowest BCUT2D eigenvalue weighted by Crippen LogP contribution is -2.44. The zero-order valence-electron chi connectivity index (χ0n) is 11.5. The van der Waals surface area contributed by atoms with E-state index >= 15 is 0 Å². The largest absolute Gasteiger partial charge is 0.391 e. The van der Waals surface area contributed by atoms with Gasteiger partial charge in [-0.05, 0) is 37.1 Å². The van der Waals surface area contributed by atoms with Crippen LogP contribution in [0.4, 0.5) is 16.2 Å². The first kappa shape index (κ1) is 13.7. The number of hydrogen-bond acceptors (Lipinski definition) is 3. The molecule has 1 aliphatic rings. The summed E-state index contributed by atoms with van der Waals surface area (Å²) in [5.41, 5.74) is 1.86. The van der Waals surface area contributed by atoms with Crippen LogP contribution in [-0.4, -0.2) is 49.3 Å². The van der Waals surface area contributed by atoms with Gasteiger partial charge in [0.25, 0.3) is 0 Å². The molecule has 1 aliphatic heterocycles. The van der Waals surface area contributed by atoms with E-state index in [4.69, 9.17) is 0 Å².